The van der Waals surface area contributed by atoms with Crippen LogP contribution in [0, 0.1) is 18.3 Å². The smallest absolute Gasteiger partial charge is 0.207 e. The fourth-order valence-corrected chi connectivity index (χ4v) is 3.41. The predicted molar refractivity (Wildman–Crippen MR) is 71.0 cm³/mol. The Morgan fingerprint density at radius 2 is 1.95 bits per heavy atom. The van der Waals surface area contributed by atoms with Crippen molar-refractivity contribution in [2.45, 2.75) is 31.3 Å². The van der Waals surface area contributed by atoms with Crippen LogP contribution < -0.4 is 0 Å². The van der Waals surface area contributed by atoms with Crippen molar-refractivity contribution in [2.75, 3.05) is 13.1 Å². The van der Waals surface area contributed by atoms with Crippen molar-refractivity contribution >= 4 is 10.0 Å². The maximum atomic E-state index is 12.5. The highest BCUT2D eigenvalue weighted by Gasteiger charge is 2.36. The standard InChI is InChI=1S/C13H15F3N2O2S/c1-3-6-18(9-13(14,15)16)21(19,20)12-5-4-11(8-17)10(2)7-12/h4-5,7H,3,6,9H2,1-2H3. The first-order chi connectivity index (χ1) is 9.61. The number of alkyl halides is 3. The van der Waals surface area contributed by atoms with Crippen LogP contribution in [0.25, 0.3) is 0 Å². The minimum absolute atomic E-state index is 0.221. The Morgan fingerprint density at radius 3 is 2.38 bits per heavy atom. The molecular weight excluding hydrogens is 305 g/mol. The van der Waals surface area contributed by atoms with Crippen molar-refractivity contribution in [1.82, 2.24) is 4.31 Å². The van der Waals surface area contributed by atoms with Gasteiger partial charge in [0.15, 0.2) is 0 Å². The average molecular weight is 320 g/mol. The van der Waals surface area contributed by atoms with Crippen LogP contribution in [0.1, 0.15) is 24.5 Å². The molecule has 0 amide bonds. The summed E-state index contributed by atoms with van der Waals surface area (Å²) in [6, 6.07) is 5.54. The zero-order chi connectivity index (χ0) is 16.3. The Balaban J connectivity index is 3.23. The third kappa shape index (κ3) is 4.44. The van der Waals surface area contributed by atoms with Crippen molar-refractivity contribution in [3.8, 4) is 6.07 Å². The zero-order valence-corrected chi connectivity index (χ0v) is 12.4. The summed E-state index contributed by atoms with van der Waals surface area (Å²) in [5, 5.41) is 8.80. The van der Waals surface area contributed by atoms with Gasteiger partial charge in [-0.1, -0.05) is 6.92 Å². The summed E-state index contributed by atoms with van der Waals surface area (Å²) < 4.78 is 62.6. The Bertz CT molecular complexity index is 648. The molecule has 116 valence electrons. The minimum atomic E-state index is -4.61. The molecule has 0 N–H and O–H groups in total. The average Bonchev–Trinajstić information content (AvgIpc) is 2.36. The number of rotatable bonds is 5. The maximum absolute atomic E-state index is 12.5. The summed E-state index contributed by atoms with van der Waals surface area (Å²) >= 11 is 0. The first-order valence-corrected chi connectivity index (χ1v) is 7.63. The normalized spacial score (nSPS) is 12.4. The number of sulfonamides is 1. The van der Waals surface area contributed by atoms with E-state index < -0.39 is 22.7 Å². The third-order valence-corrected chi connectivity index (χ3v) is 4.63. The van der Waals surface area contributed by atoms with Gasteiger partial charge in [-0.15, -0.1) is 0 Å². The summed E-state index contributed by atoms with van der Waals surface area (Å²) in [4.78, 5) is -0.239. The minimum Gasteiger partial charge on any atom is -0.207 e. The van der Waals surface area contributed by atoms with Crippen molar-refractivity contribution in [3.63, 3.8) is 0 Å². The molecule has 0 saturated carbocycles. The second kappa shape index (κ2) is 6.45. The lowest BCUT2D eigenvalue weighted by Crippen LogP contribution is -2.39. The van der Waals surface area contributed by atoms with Gasteiger partial charge in [0.25, 0.3) is 0 Å². The fraction of sp³-hybridized carbons (Fsp3) is 0.462. The van der Waals surface area contributed by atoms with E-state index in [0.717, 1.165) is 6.07 Å². The summed E-state index contributed by atoms with van der Waals surface area (Å²) in [5.41, 5.74) is 0.689. The molecule has 0 radical (unpaired) electrons. The van der Waals surface area contributed by atoms with Gasteiger partial charge < -0.3 is 0 Å². The summed E-state index contributed by atoms with van der Waals surface area (Å²) in [7, 11) is -4.24. The molecule has 0 atom stereocenters. The highest BCUT2D eigenvalue weighted by Crippen LogP contribution is 2.24. The second-order valence-corrected chi connectivity index (χ2v) is 6.48. The quantitative estimate of drug-likeness (QED) is 0.838. The van der Waals surface area contributed by atoms with Crippen LogP contribution in [-0.4, -0.2) is 32.0 Å². The van der Waals surface area contributed by atoms with Crippen molar-refractivity contribution in [3.05, 3.63) is 29.3 Å². The van der Waals surface area contributed by atoms with Crippen molar-refractivity contribution in [2.24, 2.45) is 0 Å². The molecule has 0 aliphatic carbocycles. The van der Waals surface area contributed by atoms with Gasteiger partial charge in [-0.2, -0.15) is 22.7 Å². The van der Waals surface area contributed by atoms with Crippen LogP contribution in [0.2, 0.25) is 0 Å². The van der Waals surface area contributed by atoms with E-state index in [1.807, 2.05) is 6.07 Å². The van der Waals surface area contributed by atoms with Crippen LogP contribution >= 0.6 is 0 Å². The summed E-state index contributed by atoms with van der Waals surface area (Å²) in [6.07, 6.45) is -4.34. The van der Waals surface area contributed by atoms with Crippen LogP contribution in [-0.2, 0) is 10.0 Å². The van der Waals surface area contributed by atoms with E-state index in [1.54, 1.807) is 6.92 Å². The molecule has 21 heavy (non-hydrogen) atoms. The number of nitrogens with zero attached hydrogens (tertiary/aromatic N) is 2. The molecule has 1 aromatic carbocycles. The highest BCUT2D eigenvalue weighted by molar-refractivity contribution is 7.89. The molecule has 0 aliphatic rings. The van der Waals surface area contributed by atoms with E-state index >= 15 is 0 Å². The first kappa shape index (κ1) is 17.5. The largest absolute Gasteiger partial charge is 0.402 e. The third-order valence-electron chi connectivity index (χ3n) is 2.78. The molecule has 0 fully saturated rings. The maximum Gasteiger partial charge on any atom is 0.402 e. The number of hydrogen-bond donors (Lipinski definition) is 0. The Morgan fingerprint density at radius 1 is 1.33 bits per heavy atom. The summed E-state index contributed by atoms with van der Waals surface area (Å²) in [6.45, 7) is 1.39. The Hall–Kier alpha value is -1.59. The van der Waals surface area contributed by atoms with Gasteiger partial charge in [0.1, 0.15) is 6.54 Å². The number of aryl methyl sites for hydroxylation is 1. The lowest BCUT2D eigenvalue weighted by Gasteiger charge is -2.23. The van der Waals surface area contributed by atoms with Gasteiger partial charge >= 0.3 is 6.18 Å². The lowest BCUT2D eigenvalue weighted by molar-refractivity contribution is -0.136. The monoisotopic (exact) mass is 320 g/mol. The molecule has 1 rings (SSSR count). The van der Waals surface area contributed by atoms with Crippen LogP contribution in [0.3, 0.4) is 0 Å². The molecule has 0 aromatic heterocycles. The SMILES string of the molecule is CCCN(CC(F)(F)F)S(=O)(=O)c1ccc(C#N)c(C)c1. The van der Waals surface area contributed by atoms with E-state index in [4.69, 9.17) is 5.26 Å². The second-order valence-electron chi connectivity index (χ2n) is 4.54. The van der Waals surface area contributed by atoms with Crippen LogP contribution in [0.15, 0.2) is 23.1 Å². The molecule has 0 unspecified atom stereocenters. The highest BCUT2D eigenvalue weighted by atomic mass is 32.2. The van der Waals surface area contributed by atoms with Crippen LogP contribution in [0.4, 0.5) is 13.2 Å². The lowest BCUT2D eigenvalue weighted by atomic mass is 10.1. The molecule has 0 heterocycles. The predicted octanol–water partition coefficient (Wildman–Crippen LogP) is 2.83. The first-order valence-electron chi connectivity index (χ1n) is 6.19. The molecular formula is C13H15F3N2O2S. The van der Waals surface area contributed by atoms with E-state index in [0.29, 0.717) is 9.87 Å². The molecule has 8 heteroatoms. The van der Waals surface area contributed by atoms with Gasteiger partial charge in [0.2, 0.25) is 10.0 Å². The van der Waals surface area contributed by atoms with E-state index in [9.17, 15) is 21.6 Å². The molecule has 4 nitrogen and oxygen atoms in total. The molecule has 0 aliphatic heterocycles. The van der Waals surface area contributed by atoms with E-state index in [-0.39, 0.29) is 23.4 Å². The summed E-state index contributed by atoms with van der Waals surface area (Å²) in [5.74, 6) is 0. The molecule has 0 spiro atoms. The Kier molecular flexibility index (Phi) is 5.36. The van der Waals surface area contributed by atoms with Crippen LogP contribution in [0.5, 0.6) is 0 Å². The number of hydrogen-bond acceptors (Lipinski definition) is 3. The number of halogens is 3. The fourth-order valence-electron chi connectivity index (χ4n) is 1.80. The number of benzene rings is 1. The molecule has 1 aromatic rings. The van der Waals surface area contributed by atoms with Gasteiger partial charge in [-0.3, -0.25) is 0 Å². The van der Waals surface area contributed by atoms with Crippen molar-refractivity contribution in [1.29, 1.82) is 5.26 Å². The zero-order valence-electron chi connectivity index (χ0n) is 11.6. The molecule has 0 bridgehead atoms. The number of nitriles is 1. The molecule has 0 saturated heterocycles. The van der Waals surface area contributed by atoms with E-state index in [2.05, 4.69) is 0 Å². The van der Waals surface area contributed by atoms with Gasteiger partial charge in [0.05, 0.1) is 16.5 Å². The topological polar surface area (TPSA) is 61.2 Å². The Labute approximate surface area is 121 Å². The van der Waals surface area contributed by atoms with Gasteiger partial charge in [-0.25, -0.2) is 8.42 Å². The van der Waals surface area contributed by atoms with Gasteiger partial charge in [-0.05, 0) is 37.1 Å². The van der Waals surface area contributed by atoms with E-state index in [1.165, 1.54) is 19.1 Å². The van der Waals surface area contributed by atoms with Crippen molar-refractivity contribution < 1.29 is 21.6 Å². The van der Waals surface area contributed by atoms with Gasteiger partial charge in [0, 0.05) is 6.54 Å².